The maximum Gasteiger partial charge on any atom is 0.195 e. The van der Waals surface area contributed by atoms with Crippen LogP contribution >= 0.6 is 0 Å². The molecule has 1 fully saturated rings. The number of methoxy groups -OCH3 is 1. The van der Waals surface area contributed by atoms with E-state index in [-0.39, 0.29) is 11.9 Å². The minimum absolute atomic E-state index is 0.0390. The first-order valence-electron chi connectivity index (χ1n) is 5.62. The minimum atomic E-state index is -0.287. The number of benzene rings is 1. The van der Waals surface area contributed by atoms with Gasteiger partial charge in [0.15, 0.2) is 5.78 Å². The number of carbonyl (C=O) groups is 1. The summed E-state index contributed by atoms with van der Waals surface area (Å²) in [5, 5.41) is 0. The van der Waals surface area contributed by atoms with Gasteiger partial charge in [-0.15, -0.1) is 0 Å². The molecule has 1 atom stereocenters. The zero-order chi connectivity index (χ0) is 11.4. The fraction of sp³-hybridized carbons (Fsp3) is 0.462. The smallest absolute Gasteiger partial charge is 0.195 e. The van der Waals surface area contributed by atoms with Crippen LogP contribution in [0.3, 0.4) is 0 Å². The Morgan fingerprint density at radius 3 is 2.88 bits per heavy atom. The van der Waals surface area contributed by atoms with Crippen molar-refractivity contribution in [2.24, 2.45) is 0 Å². The Morgan fingerprint density at radius 2 is 2.19 bits per heavy atom. The van der Waals surface area contributed by atoms with E-state index in [0.717, 1.165) is 19.3 Å². The van der Waals surface area contributed by atoms with Crippen molar-refractivity contribution < 1.29 is 14.3 Å². The van der Waals surface area contributed by atoms with E-state index in [1.807, 2.05) is 12.1 Å². The van der Waals surface area contributed by atoms with E-state index in [0.29, 0.717) is 17.9 Å². The predicted molar refractivity (Wildman–Crippen MR) is 60.9 cm³/mol. The quantitative estimate of drug-likeness (QED) is 0.734. The van der Waals surface area contributed by atoms with Gasteiger partial charge in [-0.3, -0.25) is 4.79 Å². The number of carbonyl (C=O) groups excluding carboxylic acids is 1. The standard InChI is InChI=1S/C13H16O3/c1-15-11-7-3-2-6-10(11)13(14)12-8-4-5-9-16-12/h2-3,6-7,12H,4-5,8-9H2,1H3. The largest absolute Gasteiger partial charge is 0.496 e. The molecule has 1 aromatic carbocycles. The molecule has 0 saturated carbocycles. The second-order valence-corrected chi connectivity index (χ2v) is 3.92. The highest BCUT2D eigenvalue weighted by molar-refractivity contribution is 6.01. The van der Waals surface area contributed by atoms with Gasteiger partial charge in [0.25, 0.3) is 0 Å². The molecule has 86 valence electrons. The fourth-order valence-corrected chi connectivity index (χ4v) is 1.97. The molecule has 1 unspecified atom stereocenters. The SMILES string of the molecule is COc1ccccc1C(=O)C1CCCCO1. The van der Waals surface area contributed by atoms with Gasteiger partial charge in [0.1, 0.15) is 11.9 Å². The van der Waals surface area contributed by atoms with Gasteiger partial charge in [0.2, 0.25) is 0 Å². The maximum absolute atomic E-state index is 12.2. The monoisotopic (exact) mass is 220 g/mol. The van der Waals surface area contributed by atoms with Gasteiger partial charge in [0, 0.05) is 6.61 Å². The number of ether oxygens (including phenoxy) is 2. The third-order valence-electron chi connectivity index (χ3n) is 2.84. The molecule has 3 heteroatoms. The normalized spacial score (nSPS) is 20.4. The van der Waals surface area contributed by atoms with Gasteiger partial charge in [-0.05, 0) is 31.4 Å². The third kappa shape index (κ3) is 2.25. The summed E-state index contributed by atoms with van der Waals surface area (Å²) in [6.45, 7) is 0.686. The second-order valence-electron chi connectivity index (χ2n) is 3.92. The Morgan fingerprint density at radius 1 is 1.38 bits per heavy atom. The van der Waals surface area contributed by atoms with Crippen LogP contribution in [0.25, 0.3) is 0 Å². The highest BCUT2D eigenvalue weighted by Gasteiger charge is 2.25. The summed E-state index contributed by atoms with van der Waals surface area (Å²) in [6.07, 6.45) is 2.64. The van der Waals surface area contributed by atoms with Crippen molar-refractivity contribution in [1.82, 2.24) is 0 Å². The summed E-state index contributed by atoms with van der Waals surface area (Å²) in [6, 6.07) is 7.30. The summed E-state index contributed by atoms with van der Waals surface area (Å²) in [7, 11) is 1.58. The van der Waals surface area contributed by atoms with Crippen LogP contribution in [-0.2, 0) is 4.74 Å². The number of hydrogen-bond acceptors (Lipinski definition) is 3. The summed E-state index contributed by atoms with van der Waals surface area (Å²) < 4.78 is 10.7. The lowest BCUT2D eigenvalue weighted by atomic mass is 9.99. The number of rotatable bonds is 3. The zero-order valence-corrected chi connectivity index (χ0v) is 9.44. The van der Waals surface area contributed by atoms with Gasteiger partial charge in [-0.25, -0.2) is 0 Å². The van der Waals surface area contributed by atoms with Gasteiger partial charge < -0.3 is 9.47 Å². The lowest BCUT2D eigenvalue weighted by Crippen LogP contribution is -2.28. The number of para-hydroxylation sites is 1. The fourth-order valence-electron chi connectivity index (χ4n) is 1.97. The lowest BCUT2D eigenvalue weighted by Gasteiger charge is -2.21. The Labute approximate surface area is 95.4 Å². The molecule has 1 aliphatic rings. The van der Waals surface area contributed by atoms with Crippen molar-refractivity contribution in [1.29, 1.82) is 0 Å². The van der Waals surface area contributed by atoms with Crippen LogP contribution in [0.5, 0.6) is 5.75 Å². The Hall–Kier alpha value is -1.35. The Bertz CT molecular complexity index is 367. The molecule has 1 heterocycles. The van der Waals surface area contributed by atoms with Crippen molar-refractivity contribution in [2.45, 2.75) is 25.4 Å². The maximum atomic E-state index is 12.2. The lowest BCUT2D eigenvalue weighted by molar-refractivity contribution is 0.0184. The highest BCUT2D eigenvalue weighted by atomic mass is 16.5. The first-order valence-corrected chi connectivity index (χ1v) is 5.62. The molecule has 0 spiro atoms. The Balaban J connectivity index is 2.19. The van der Waals surface area contributed by atoms with Crippen LogP contribution in [0.4, 0.5) is 0 Å². The molecule has 0 bridgehead atoms. The third-order valence-corrected chi connectivity index (χ3v) is 2.84. The first-order chi connectivity index (χ1) is 7.83. The summed E-state index contributed by atoms with van der Waals surface area (Å²) in [5.74, 6) is 0.666. The number of ketones is 1. The molecule has 1 saturated heterocycles. The van der Waals surface area contributed by atoms with Gasteiger partial charge in [0.05, 0.1) is 12.7 Å². The van der Waals surface area contributed by atoms with Crippen molar-refractivity contribution >= 4 is 5.78 Å². The van der Waals surface area contributed by atoms with E-state index in [2.05, 4.69) is 0 Å². The summed E-state index contributed by atoms with van der Waals surface area (Å²) in [5.41, 5.74) is 0.622. The molecule has 0 amide bonds. The molecule has 0 N–H and O–H groups in total. The molecule has 1 aliphatic heterocycles. The van der Waals surface area contributed by atoms with Crippen LogP contribution in [0.15, 0.2) is 24.3 Å². The van der Waals surface area contributed by atoms with Crippen molar-refractivity contribution in [3.8, 4) is 5.75 Å². The zero-order valence-electron chi connectivity index (χ0n) is 9.44. The van der Waals surface area contributed by atoms with E-state index in [4.69, 9.17) is 9.47 Å². The molecule has 2 rings (SSSR count). The highest BCUT2D eigenvalue weighted by Crippen LogP contribution is 2.23. The van der Waals surface area contributed by atoms with E-state index in [1.54, 1.807) is 19.2 Å². The molecular weight excluding hydrogens is 204 g/mol. The van der Waals surface area contributed by atoms with E-state index in [1.165, 1.54) is 0 Å². The average Bonchev–Trinajstić information content (AvgIpc) is 2.39. The minimum Gasteiger partial charge on any atom is -0.496 e. The van der Waals surface area contributed by atoms with E-state index < -0.39 is 0 Å². The average molecular weight is 220 g/mol. The van der Waals surface area contributed by atoms with Crippen LogP contribution in [0, 0.1) is 0 Å². The molecule has 0 aliphatic carbocycles. The topological polar surface area (TPSA) is 35.5 Å². The summed E-state index contributed by atoms with van der Waals surface area (Å²) >= 11 is 0. The van der Waals surface area contributed by atoms with Gasteiger partial charge in [-0.2, -0.15) is 0 Å². The molecule has 16 heavy (non-hydrogen) atoms. The second kappa shape index (κ2) is 5.12. The molecule has 3 nitrogen and oxygen atoms in total. The van der Waals surface area contributed by atoms with Crippen LogP contribution in [-0.4, -0.2) is 25.6 Å². The predicted octanol–water partition coefficient (Wildman–Crippen LogP) is 2.45. The molecule has 0 aromatic heterocycles. The Kier molecular flexibility index (Phi) is 3.57. The van der Waals surface area contributed by atoms with Crippen molar-refractivity contribution in [2.75, 3.05) is 13.7 Å². The van der Waals surface area contributed by atoms with Crippen LogP contribution in [0.1, 0.15) is 29.6 Å². The van der Waals surface area contributed by atoms with E-state index >= 15 is 0 Å². The van der Waals surface area contributed by atoms with E-state index in [9.17, 15) is 4.79 Å². The number of Topliss-reactive ketones (excluding diaryl/α,β-unsaturated/α-hetero) is 1. The summed E-state index contributed by atoms with van der Waals surface area (Å²) in [4.78, 5) is 12.2. The van der Waals surface area contributed by atoms with Gasteiger partial charge >= 0.3 is 0 Å². The number of hydrogen-bond donors (Lipinski definition) is 0. The van der Waals surface area contributed by atoms with Crippen molar-refractivity contribution in [3.05, 3.63) is 29.8 Å². The first kappa shape index (κ1) is 11.1. The van der Waals surface area contributed by atoms with Gasteiger partial charge in [-0.1, -0.05) is 12.1 Å². The van der Waals surface area contributed by atoms with Crippen LogP contribution in [0.2, 0.25) is 0 Å². The molecule has 1 aromatic rings. The molecular formula is C13H16O3. The molecule has 0 radical (unpaired) electrons. The van der Waals surface area contributed by atoms with Crippen molar-refractivity contribution in [3.63, 3.8) is 0 Å². The van der Waals surface area contributed by atoms with Crippen LogP contribution < -0.4 is 4.74 Å².